The molecule has 0 amide bonds. The Labute approximate surface area is 271 Å². The minimum absolute atomic E-state index is 0.599. The summed E-state index contributed by atoms with van der Waals surface area (Å²) < 4.78 is 2.23. The number of hydrogen-bond donors (Lipinski definition) is 0. The molecule has 0 bridgehead atoms. The predicted octanol–water partition coefficient (Wildman–Crippen LogP) is 10.8. The number of rotatable bonds is 4. The molecule has 9 aromatic rings. The number of nitrogens with zero attached hydrogens (tertiary/aromatic N) is 4. The first kappa shape index (κ1) is 25.9. The van der Waals surface area contributed by atoms with E-state index in [2.05, 4.69) is 138 Å². The number of aromatic nitrogens is 4. The highest BCUT2D eigenvalue weighted by Crippen LogP contribution is 2.49. The van der Waals surface area contributed by atoms with Gasteiger partial charge in [-0.3, -0.25) is 4.57 Å². The van der Waals surface area contributed by atoms with Gasteiger partial charge in [-0.25, -0.2) is 4.98 Å². The van der Waals surface area contributed by atoms with Crippen molar-refractivity contribution >= 4 is 32.6 Å². The minimum Gasteiger partial charge on any atom is -0.278 e. The Morgan fingerprint density at radius 2 is 0.894 bits per heavy atom. The summed E-state index contributed by atoms with van der Waals surface area (Å²) in [7, 11) is 0. The molecule has 10 rings (SSSR count). The molecule has 218 valence electrons. The lowest BCUT2D eigenvalue weighted by Gasteiger charge is -2.14. The molecule has 0 radical (unpaired) electrons. The monoisotopic (exact) mass is 598 g/mol. The summed E-state index contributed by atoms with van der Waals surface area (Å²) in [4.78, 5) is 15.5. The third-order valence-electron chi connectivity index (χ3n) is 9.39. The summed E-state index contributed by atoms with van der Waals surface area (Å²) in [6.45, 7) is 0. The largest absolute Gasteiger partial charge is 0.278 e. The van der Waals surface area contributed by atoms with Crippen LogP contribution in [0.5, 0.6) is 0 Å². The molecule has 0 N–H and O–H groups in total. The van der Waals surface area contributed by atoms with E-state index in [0.717, 1.165) is 33.3 Å². The normalized spacial score (nSPS) is 11.8. The number of benzene rings is 7. The predicted molar refractivity (Wildman–Crippen MR) is 192 cm³/mol. The standard InChI is InChI=1S/C43H26N4/c1-3-12-27(13-4-1)30-17-9-18-31(26-30)42-44-41(29-14-5-2-6-15-29)45-43(46-42)47-36-23-11-22-35-33-20-8-7-19-32(33)34-21-10-16-28-24-25-37(47)40(38(28)34)39(35)36/h1-26H. The van der Waals surface area contributed by atoms with Gasteiger partial charge in [-0.15, -0.1) is 0 Å². The molecule has 2 aromatic heterocycles. The lowest BCUT2D eigenvalue weighted by molar-refractivity contribution is 0.953. The van der Waals surface area contributed by atoms with Crippen molar-refractivity contribution in [3.05, 3.63) is 158 Å². The van der Waals surface area contributed by atoms with Gasteiger partial charge in [-0.05, 0) is 62.4 Å². The topological polar surface area (TPSA) is 43.6 Å². The maximum absolute atomic E-state index is 5.24. The Morgan fingerprint density at radius 1 is 0.340 bits per heavy atom. The van der Waals surface area contributed by atoms with Crippen molar-refractivity contribution in [1.29, 1.82) is 0 Å². The fraction of sp³-hybridized carbons (Fsp3) is 0. The van der Waals surface area contributed by atoms with Gasteiger partial charge >= 0.3 is 0 Å². The van der Waals surface area contributed by atoms with Gasteiger partial charge < -0.3 is 0 Å². The molecule has 1 aliphatic rings. The lowest BCUT2D eigenvalue weighted by Crippen LogP contribution is -2.06. The molecule has 0 saturated heterocycles. The van der Waals surface area contributed by atoms with Gasteiger partial charge in [0.15, 0.2) is 11.6 Å². The van der Waals surface area contributed by atoms with Gasteiger partial charge in [0.2, 0.25) is 5.95 Å². The molecule has 0 saturated carbocycles. The van der Waals surface area contributed by atoms with E-state index in [4.69, 9.17) is 15.0 Å². The van der Waals surface area contributed by atoms with Gasteiger partial charge in [0.1, 0.15) is 0 Å². The molecule has 4 heteroatoms. The van der Waals surface area contributed by atoms with Crippen LogP contribution < -0.4 is 0 Å². The van der Waals surface area contributed by atoms with E-state index in [1.54, 1.807) is 0 Å². The van der Waals surface area contributed by atoms with E-state index < -0.39 is 0 Å². The Kier molecular flexibility index (Phi) is 5.54. The van der Waals surface area contributed by atoms with Gasteiger partial charge in [0, 0.05) is 21.9 Å². The van der Waals surface area contributed by atoms with Crippen LogP contribution in [0.25, 0.3) is 94.7 Å². The van der Waals surface area contributed by atoms with Crippen LogP contribution in [0.4, 0.5) is 0 Å². The molecule has 7 aromatic carbocycles. The van der Waals surface area contributed by atoms with E-state index >= 15 is 0 Å². The first-order chi connectivity index (χ1) is 23.3. The molecule has 4 nitrogen and oxygen atoms in total. The second-order valence-corrected chi connectivity index (χ2v) is 12.0. The van der Waals surface area contributed by atoms with Gasteiger partial charge in [-0.2, -0.15) is 9.97 Å². The van der Waals surface area contributed by atoms with Crippen LogP contribution in [0.1, 0.15) is 0 Å². The van der Waals surface area contributed by atoms with E-state index in [-0.39, 0.29) is 0 Å². The van der Waals surface area contributed by atoms with Crippen LogP contribution in [0.15, 0.2) is 158 Å². The molecule has 0 aliphatic heterocycles. The van der Waals surface area contributed by atoms with Crippen molar-refractivity contribution in [3.63, 3.8) is 0 Å². The smallest absolute Gasteiger partial charge is 0.238 e. The molecule has 2 heterocycles. The highest BCUT2D eigenvalue weighted by Gasteiger charge is 2.25. The van der Waals surface area contributed by atoms with Crippen LogP contribution in [-0.4, -0.2) is 19.5 Å². The third kappa shape index (κ3) is 3.92. The Bertz CT molecular complexity index is 2670. The molecular weight excluding hydrogens is 573 g/mol. The number of hydrogen-bond acceptors (Lipinski definition) is 3. The fourth-order valence-corrected chi connectivity index (χ4v) is 7.32. The maximum Gasteiger partial charge on any atom is 0.238 e. The van der Waals surface area contributed by atoms with Crippen LogP contribution in [-0.2, 0) is 0 Å². The Hall–Kier alpha value is -6.39. The number of fused-ring (bicyclic) bond motifs is 3. The molecular formula is C43H26N4. The average molecular weight is 599 g/mol. The summed E-state index contributed by atoms with van der Waals surface area (Å²) in [5.74, 6) is 1.87. The van der Waals surface area contributed by atoms with Crippen molar-refractivity contribution in [3.8, 4) is 62.1 Å². The molecule has 0 unspecified atom stereocenters. The summed E-state index contributed by atoms with van der Waals surface area (Å²) in [6, 6.07) is 55.5. The fourth-order valence-electron chi connectivity index (χ4n) is 7.32. The quantitative estimate of drug-likeness (QED) is 0.202. The van der Waals surface area contributed by atoms with Crippen LogP contribution in [0, 0.1) is 0 Å². The molecule has 0 spiro atoms. The highest BCUT2D eigenvalue weighted by molar-refractivity contribution is 6.30. The van der Waals surface area contributed by atoms with Crippen molar-refractivity contribution in [2.24, 2.45) is 0 Å². The van der Waals surface area contributed by atoms with Crippen LogP contribution in [0.2, 0.25) is 0 Å². The van der Waals surface area contributed by atoms with Crippen LogP contribution in [0.3, 0.4) is 0 Å². The molecule has 0 fully saturated rings. The first-order valence-electron chi connectivity index (χ1n) is 15.9. The summed E-state index contributed by atoms with van der Waals surface area (Å²) >= 11 is 0. The SMILES string of the molecule is c1ccc(-c2cccc(-c3nc(-c4ccccc4)nc(-n4c5cccc6c5c5c7c(cccc7ccc54)-c4ccccc4-6)n3)c2)cc1. The Balaban J connectivity index is 1.30. The van der Waals surface area contributed by atoms with Crippen molar-refractivity contribution in [1.82, 2.24) is 19.5 Å². The lowest BCUT2D eigenvalue weighted by atomic mass is 9.93. The summed E-state index contributed by atoms with van der Waals surface area (Å²) in [6.07, 6.45) is 0. The van der Waals surface area contributed by atoms with Crippen molar-refractivity contribution in [2.45, 2.75) is 0 Å². The van der Waals surface area contributed by atoms with Gasteiger partial charge in [0.25, 0.3) is 0 Å². The minimum atomic E-state index is 0.599. The summed E-state index contributed by atoms with van der Waals surface area (Å²) in [5.41, 5.74) is 11.3. The summed E-state index contributed by atoms with van der Waals surface area (Å²) in [5, 5.41) is 4.94. The van der Waals surface area contributed by atoms with Crippen LogP contribution >= 0.6 is 0 Å². The van der Waals surface area contributed by atoms with Gasteiger partial charge in [-0.1, -0.05) is 140 Å². The van der Waals surface area contributed by atoms with Crippen molar-refractivity contribution in [2.75, 3.05) is 0 Å². The van der Waals surface area contributed by atoms with E-state index in [1.807, 2.05) is 24.3 Å². The Morgan fingerprint density at radius 3 is 1.66 bits per heavy atom. The average Bonchev–Trinajstić information content (AvgIpc) is 3.43. The first-order valence-corrected chi connectivity index (χ1v) is 15.9. The highest BCUT2D eigenvalue weighted by atomic mass is 15.2. The zero-order valence-corrected chi connectivity index (χ0v) is 25.3. The second-order valence-electron chi connectivity index (χ2n) is 12.0. The molecule has 0 atom stereocenters. The van der Waals surface area contributed by atoms with Gasteiger partial charge in [0.05, 0.1) is 11.0 Å². The molecule has 1 aliphatic carbocycles. The molecule has 47 heavy (non-hydrogen) atoms. The van der Waals surface area contributed by atoms with Crippen molar-refractivity contribution < 1.29 is 0 Å². The van der Waals surface area contributed by atoms with E-state index in [0.29, 0.717) is 17.6 Å². The zero-order valence-electron chi connectivity index (χ0n) is 25.3. The van der Waals surface area contributed by atoms with E-state index in [1.165, 1.54) is 43.8 Å². The second kappa shape index (κ2) is 10.1. The third-order valence-corrected chi connectivity index (χ3v) is 9.39. The van der Waals surface area contributed by atoms with E-state index in [9.17, 15) is 0 Å². The zero-order chi connectivity index (χ0) is 30.9. The maximum atomic E-state index is 5.24.